The third-order valence-electron chi connectivity index (χ3n) is 2.43. The van der Waals surface area contributed by atoms with Crippen LogP contribution < -0.4 is 5.73 Å². The molecule has 5 nitrogen and oxygen atoms in total. The van der Waals surface area contributed by atoms with Crippen LogP contribution in [0.3, 0.4) is 0 Å². The molecule has 0 spiro atoms. The molecule has 5 heteroatoms. The van der Waals surface area contributed by atoms with E-state index in [4.69, 9.17) is 10.2 Å². The Morgan fingerprint density at radius 3 is 2.75 bits per heavy atom. The summed E-state index contributed by atoms with van der Waals surface area (Å²) in [5.41, 5.74) is 5.54. The van der Waals surface area contributed by atoms with E-state index in [-0.39, 0.29) is 12.5 Å². The second-order valence-corrected chi connectivity index (χ2v) is 3.70. The molecule has 0 fully saturated rings. The van der Waals surface area contributed by atoms with Gasteiger partial charge in [-0.1, -0.05) is 0 Å². The molecule has 0 aliphatic carbocycles. The maximum absolute atomic E-state index is 11.4. The van der Waals surface area contributed by atoms with Gasteiger partial charge in [-0.3, -0.25) is 9.69 Å². The number of ether oxygens (including phenoxy) is 1. The summed E-state index contributed by atoms with van der Waals surface area (Å²) in [6.07, 6.45) is 0. The summed E-state index contributed by atoms with van der Waals surface area (Å²) in [5.74, 6) is 1.33. The number of esters is 1. The first-order valence-electron chi connectivity index (χ1n) is 5.12. The molecule has 0 saturated carbocycles. The molecule has 2 N–H and O–H groups in total. The topological polar surface area (TPSA) is 68.7 Å². The van der Waals surface area contributed by atoms with E-state index in [1.54, 1.807) is 0 Å². The monoisotopic (exact) mass is 226 g/mol. The molecule has 0 saturated heterocycles. The largest absolute Gasteiger partial charge is 0.468 e. The van der Waals surface area contributed by atoms with Crippen LogP contribution in [0.25, 0.3) is 0 Å². The highest BCUT2D eigenvalue weighted by Gasteiger charge is 2.22. The first-order chi connectivity index (χ1) is 7.58. The number of carbonyl (C=O) groups is 1. The van der Waals surface area contributed by atoms with Gasteiger partial charge in [0.25, 0.3) is 0 Å². The number of nitrogens with two attached hydrogens (primary N) is 1. The van der Waals surface area contributed by atoms with E-state index in [9.17, 15) is 4.79 Å². The van der Waals surface area contributed by atoms with Crippen LogP contribution in [0, 0.1) is 6.92 Å². The molecular formula is C11H18N2O3. The summed E-state index contributed by atoms with van der Waals surface area (Å²) in [4.78, 5) is 13.2. The predicted octanol–water partition coefficient (Wildman–Crippen LogP) is 0.520. The van der Waals surface area contributed by atoms with Gasteiger partial charge in [-0.2, -0.15) is 0 Å². The number of rotatable bonds is 5. The molecule has 0 aliphatic rings. The van der Waals surface area contributed by atoms with Gasteiger partial charge in [0.15, 0.2) is 0 Å². The lowest BCUT2D eigenvalue weighted by Crippen LogP contribution is -2.44. The number of hydrogen-bond donors (Lipinski definition) is 1. The molecule has 1 rings (SSSR count). The highest BCUT2D eigenvalue weighted by Crippen LogP contribution is 2.10. The first kappa shape index (κ1) is 12.7. The van der Waals surface area contributed by atoms with Crippen molar-refractivity contribution in [3.8, 4) is 0 Å². The van der Waals surface area contributed by atoms with Crippen LogP contribution >= 0.6 is 0 Å². The Morgan fingerprint density at radius 2 is 2.31 bits per heavy atom. The molecule has 1 heterocycles. The van der Waals surface area contributed by atoms with Crippen molar-refractivity contribution in [2.75, 3.05) is 20.7 Å². The van der Waals surface area contributed by atoms with Gasteiger partial charge in [0.1, 0.15) is 17.6 Å². The van der Waals surface area contributed by atoms with Gasteiger partial charge in [-0.25, -0.2) is 0 Å². The number of hydrogen-bond acceptors (Lipinski definition) is 5. The molecule has 1 unspecified atom stereocenters. The molecule has 0 bridgehead atoms. The Bertz CT molecular complexity index is 349. The summed E-state index contributed by atoms with van der Waals surface area (Å²) in [6.45, 7) is 2.64. The molecular weight excluding hydrogens is 208 g/mol. The summed E-state index contributed by atoms with van der Waals surface area (Å²) in [6, 6.07) is 3.34. The van der Waals surface area contributed by atoms with Crippen molar-refractivity contribution in [3.05, 3.63) is 23.7 Å². The van der Waals surface area contributed by atoms with Crippen molar-refractivity contribution >= 4 is 5.97 Å². The number of aryl methyl sites for hydroxylation is 1. The highest BCUT2D eigenvalue weighted by molar-refractivity contribution is 5.75. The lowest BCUT2D eigenvalue weighted by molar-refractivity contribution is -0.146. The maximum atomic E-state index is 11.4. The molecule has 1 atom stereocenters. The summed E-state index contributed by atoms with van der Waals surface area (Å²) in [7, 11) is 3.17. The van der Waals surface area contributed by atoms with E-state index in [0.717, 1.165) is 11.5 Å². The van der Waals surface area contributed by atoms with Gasteiger partial charge in [-0.05, 0) is 26.1 Å². The third kappa shape index (κ3) is 3.08. The minimum Gasteiger partial charge on any atom is -0.468 e. The van der Waals surface area contributed by atoms with Crippen molar-refractivity contribution in [1.82, 2.24) is 4.90 Å². The normalized spacial score (nSPS) is 12.8. The molecule has 90 valence electrons. The summed E-state index contributed by atoms with van der Waals surface area (Å²) in [5, 5.41) is 0. The van der Waals surface area contributed by atoms with Crippen LogP contribution in [-0.2, 0) is 16.1 Å². The highest BCUT2D eigenvalue weighted by atomic mass is 16.5. The summed E-state index contributed by atoms with van der Waals surface area (Å²) >= 11 is 0. The number of nitrogens with zero attached hydrogens (tertiary/aromatic N) is 1. The third-order valence-corrected chi connectivity index (χ3v) is 2.43. The number of likely N-dealkylation sites (N-methyl/N-ethyl adjacent to an activating group) is 1. The van der Waals surface area contributed by atoms with E-state index in [1.165, 1.54) is 7.11 Å². The van der Waals surface area contributed by atoms with Crippen LogP contribution in [0.15, 0.2) is 16.5 Å². The zero-order valence-corrected chi connectivity index (χ0v) is 9.90. The predicted molar refractivity (Wildman–Crippen MR) is 59.8 cm³/mol. The van der Waals surface area contributed by atoms with Crippen molar-refractivity contribution < 1.29 is 13.9 Å². The van der Waals surface area contributed by atoms with Gasteiger partial charge >= 0.3 is 5.97 Å². The Morgan fingerprint density at radius 1 is 1.62 bits per heavy atom. The molecule has 0 radical (unpaired) electrons. The molecule has 1 aromatic rings. The zero-order valence-electron chi connectivity index (χ0n) is 9.90. The molecule has 1 aromatic heterocycles. The number of carbonyl (C=O) groups excluding carboxylic acids is 1. The lowest BCUT2D eigenvalue weighted by atomic mass is 10.2. The second kappa shape index (κ2) is 5.67. The van der Waals surface area contributed by atoms with Crippen LogP contribution in [0.5, 0.6) is 0 Å². The lowest BCUT2D eigenvalue weighted by Gasteiger charge is -2.23. The molecule has 0 aliphatic heterocycles. The van der Waals surface area contributed by atoms with Gasteiger partial charge in [0.2, 0.25) is 0 Å². The van der Waals surface area contributed by atoms with E-state index in [1.807, 2.05) is 31.0 Å². The van der Waals surface area contributed by atoms with E-state index < -0.39 is 6.04 Å². The van der Waals surface area contributed by atoms with Crippen LogP contribution in [0.1, 0.15) is 11.5 Å². The van der Waals surface area contributed by atoms with Crippen LogP contribution in [0.4, 0.5) is 0 Å². The number of furan rings is 1. The standard InChI is InChI=1S/C11H18N2O3/c1-8-4-5-9(16-8)7-13(2)10(6-12)11(14)15-3/h4-5,10H,6-7,12H2,1-3H3. The fourth-order valence-corrected chi connectivity index (χ4v) is 1.52. The Balaban J connectivity index is 2.62. The Kier molecular flexibility index (Phi) is 4.52. The van der Waals surface area contributed by atoms with Crippen LogP contribution in [0.2, 0.25) is 0 Å². The molecule has 0 aromatic carbocycles. The van der Waals surface area contributed by atoms with Gasteiger partial charge in [-0.15, -0.1) is 0 Å². The van der Waals surface area contributed by atoms with Crippen molar-refractivity contribution in [1.29, 1.82) is 0 Å². The van der Waals surface area contributed by atoms with Crippen molar-refractivity contribution in [2.24, 2.45) is 5.73 Å². The SMILES string of the molecule is COC(=O)C(CN)N(C)Cc1ccc(C)o1. The molecule has 0 amide bonds. The second-order valence-electron chi connectivity index (χ2n) is 3.70. The van der Waals surface area contributed by atoms with E-state index in [0.29, 0.717) is 6.54 Å². The minimum atomic E-state index is -0.435. The fourth-order valence-electron chi connectivity index (χ4n) is 1.52. The molecule has 16 heavy (non-hydrogen) atoms. The average Bonchev–Trinajstić information content (AvgIpc) is 2.64. The van der Waals surface area contributed by atoms with Crippen molar-refractivity contribution in [2.45, 2.75) is 19.5 Å². The van der Waals surface area contributed by atoms with E-state index in [2.05, 4.69) is 4.74 Å². The maximum Gasteiger partial charge on any atom is 0.324 e. The summed E-state index contributed by atoms with van der Waals surface area (Å²) < 4.78 is 10.1. The van der Waals surface area contributed by atoms with Gasteiger partial charge in [0.05, 0.1) is 13.7 Å². The zero-order chi connectivity index (χ0) is 12.1. The quantitative estimate of drug-likeness (QED) is 0.741. The van der Waals surface area contributed by atoms with Gasteiger partial charge < -0.3 is 14.9 Å². The Labute approximate surface area is 95.2 Å². The van der Waals surface area contributed by atoms with E-state index >= 15 is 0 Å². The first-order valence-corrected chi connectivity index (χ1v) is 5.12. The van der Waals surface area contributed by atoms with Gasteiger partial charge in [0, 0.05) is 6.54 Å². The smallest absolute Gasteiger partial charge is 0.324 e. The van der Waals surface area contributed by atoms with Crippen molar-refractivity contribution in [3.63, 3.8) is 0 Å². The minimum absolute atomic E-state index is 0.225. The number of methoxy groups -OCH3 is 1. The fraction of sp³-hybridized carbons (Fsp3) is 0.545. The Hall–Kier alpha value is -1.33. The average molecular weight is 226 g/mol. The van der Waals surface area contributed by atoms with Crippen LogP contribution in [-0.4, -0.2) is 37.6 Å².